The fourth-order valence-corrected chi connectivity index (χ4v) is 2.69. The lowest BCUT2D eigenvalue weighted by Gasteiger charge is -2.15. The lowest BCUT2D eigenvalue weighted by molar-refractivity contribution is -0.386. The lowest BCUT2D eigenvalue weighted by Crippen LogP contribution is -2.34. The molecule has 0 aliphatic heterocycles. The fraction of sp³-hybridized carbons (Fsp3) is 0.500. The van der Waals surface area contributed by atoms with E-state index in [2.05, 4.69) is 15.5 Å². The van der Waals surface area contributed by atoms with Crippen LogP contribution in [0.5, 0.6) is 0 Å². The van der Waals surface area contributed by atoms with Gasteiger partial charge in [-0.05, 0) is 20.3 Å². The average Bonchev–Trinajstić information content (AvgIpc) is 3.04. The van der Waals surface area contributed by atoms with Gasteiger partial charge in [0, 0.05) is 12.7 Å². The van der Waals surface area contributed by atoms with E-state index in [1.165, 1.54) is 15.6 Å². The Labute approximate surface area is 143 Å². The second-order valence-electron chi connectivity index (χ2n) is 5.35. The predicted molar refractivity (Wildman–Crippen MR) is 87.9 cm³/mol. The zero-order valence-corrected chi connectivity index (χ0v) is 14.4. The van der Waals surface area contributed by atoms with E-state index in [4.69, 9.17) is 11.6 Å². The van der Waals surface area contributed by atoms with Gasteiger partial charge in [-0.1, -0.05) is 18.5 Å². The van der Waals surface area contributed by atoms with Gasteiger partial charge in [0.2, 0.25) is 5.91 Å². The molecule has 130 valence electrons. The van der Waals surface area contributed by atoms with Crippen LogP contribution in [0.3, 0.4) is 0 Å². The van der Waals surface area contributed by atoms with Crippen molar-refractivity contribution in [2.24, 2.45) is 0 Å². The molecule has 2 aromatic heterocycles. The van der Waals surface area contributed by atoms with Crippen LogP contribution < -0.4 is 5.32 Å². The molecule has 0 spiro atoms. The van der Waals surface area contributed by atoms with Gasteiger partial charge in [-0.2, -0.15) is 10.2 Å². The van der Waals surface area contributed by atoms with E-state index in [9.17, 15) is 14.9 Å². The highest BCUT2D eigenvalue weighted by Crippen LogP contribution is 2.21. The van der Waals surface area contributed by atoms with Crippen molar-refractivity contribution in [1.82, 2.24) is 24.9 Å². The summed E-state index contributed by atoms with van der Waals surface area (Å²) in [5.74, 6) is -0.187. The van der Waals surface area contributed by atoms with E-state index in [1.807, 2.05) is 6.92 Å². The van der Waals surface area contributed by atoms with E-state index < -0.39 is 11.0 Å². The molecular weight excluding hydrogens is 336 g/mol. The van der Waals surface area contributed by atoms with Crippen molar-refractivity contribution in [1.29, 1.82) is 0 Å². The number of halogens is 1. The van der Waals surface area contributed by atoms with E-state index in [0.29, 0.717) is 35.9 Å². The molecule has 0 bridgehead atoms. The van der Waals surface area contributed by atoms with Crippen molar-refractivity contribution in [2.45, 2.75) is 39.8 Å². The number of hydrogen-bond donors (Lipinski definition) is 1. The van der Waals surface area contributed by atoms with Crippen LogP contribution in [-0.4, -0.2) is 36.9 Å². The Morgan fingerprint density at radius 2 is 2.21 bits per heavy atom. The molecule has 0 radical (unpaired) electrons. The number of aromatic nitrogens is 4. The monoisotopic (exact) mass is 354 g/mol. The van der Waals surface area contributed by atoms with Gasteiger partial charge in [0.1, 0.15) is 17.4 Å². The number of carbonyl (C=O) groups is 1. The van der Waals surface area contributed by atoms with Crippen LogP contribution in [0.2, 0.25) is 5.02 Å². The molecule has 1 N–H and O–H groups in total. The Bertz CT molecular complexity index is 754. The highest BCUT2D eigenvalue weighted by molar-refractivity contribution is 6.30. The molecular formula is C14H19ClN6O3. The van der Waals surface area contributed by atoms with Gasteiger partial charge in [0.05, 0.1) is 22.7 Å². The maximum atomic E-state index is 12.3. The van der Waals surface area contributed by atoms with E-state index >= 15 is 0 Å². The number of rotatable bonds is 7. The molecule has 1 atom stereocenters. The lowest BCUT2D eigenvalue weighted by atomic mass is 10.2. The third-order valence-electron chi connectivity index (χ3n) is 3.73. The minimum atomic E-state index is -0.452. The second-order valence-corrected chi connectivity index (χ2v) is 5.79. The highest BCUT2D eigenvalue weighted by Gasteiger charge is 2.22. The summed E-state index contributed by atoms with van der Waals surface area (Å²) < 4.78 is 3.05. The zero-order valence-electron chi connectivity index (χ0n) is 13.7. The van der Waals surface area contributed by atoms with Crippen LogP contribution in [-0.2, 0) is 11.3 Å². The highest BCUT2D eigenvalue weighted by atomic mass is 35.5. The molecule has 0 aliphatic carbocycles. The Morgan fingerprint density at radius 3 is 2.71 bits per heavy atom. The molecule has 1 amide bonds. The number of aryl methyl sites for hydroxylation is 1. The molecule has 0 saturated carbocycles. The molecule has 0 fully saturated rings. The standard InChI is InChI=1S/C14H19ClN6O3/c1-4-12(20-8-11(15)7-17-20)14(22)16-5-6-19-10(3)13(21(23)24)9(2)18-19/h7-8,12H,4-6H2,1-3H3,(H,16,22). The second kappa shape index (κ2) is 7.43. The van der Waals surface area contributed by atoms with Crippen molar-refractivity contribution in [3.05, 3.63) is 38.9 Å². The normalized spacial score (nSPS) is 12.2. The van der Waals surface area contributed by atoms with Crippen LogP contribution in [0.1, 0.15) is 30.8 Å². The number of nitrogens with one attached hydrogen (secondary N) is 1. The van der Waals surface area contributed by atoms with Crippen LogP contribution in [0.4, 0.5) is 5.69 Å². The molecule has 0 aliphatic rings. The van der Waals surface area contributed by atoms with Crippen molar-refractivity contribution in [3.8, 4) is 0 Å². The maximum absolute atomic E-state index is 12.3. The molecule has 1 unspecified atom stereocenters. The van der Waals surface area contributed by atoms with Crippen molar-refractivity contribution < 1.29 is 9.72 Å². The first-order valence-corrected chi connectivity index (χ1v) is 7.88. The number of nitro groups is 1. The summed E-state index contributed by atoms with van der Waals surface area (Å²) in [6, 6.07) is -0.452. The minimum Gasteiger partial charge on any atom is -0.352 e. The number of hydrogen-bond acceptors (Lipinski definition) is 5. The summed E-state index contributed by atoms with van der Waals surface area (Å²) in [6.07, 6.45) is 3.64. The van der Waals surface area contributed by atoms with Crippen LogP contribution >= 0.6 is 11.6 Å². The van der Waals surface area contributed by atoms with Gasteiger partial charge in [-0.15, -0.1) is 0 Å². The first-order valence-electron chi connectivity index (χ1n) is 7.50. The summed E-state index contributed by atoms with van der Waals surface area (Å²) in [4.78, 5) is 22.8. The Hall–Kier alpha value is -2.42. The number of carbonyl (C=O) groups excluding carboxylic acids is 1. The third-order valence-corrected chi connectivity index (χ3v) is 3.92. The van der Waals surface area contributed by atoms with Crippen LogP contribution in [0, 0.1) is 24.0 Å². The zero-order chi connectivity index (χ0) is 17.9. The Kier molecular flexibility index (Phi) is 5.55. The summed E-state index contributed by atoms with van der Waals surface area (Å²) in [6.45, 7) is 5.77. The van der Waals surface area contributed by atoms with Gasteiger partial charge in [-0.3, -0.25) is 24.3 Å². The van der Waals surface area contributed by atoms with Gasteiger partial charge < -0.3 is 5.32 Å². The molecule has 10 heteroatoms. The maximum Gasteiger partial charge on any atom is 0.312 e. The van der Waals surface area contributed by atoms with Gasteiger partial charge >= 0.3 is 5.69 Å². The molecule has 0 saturated heterocycles. The van der Waals surface area contributed by atoms with Crippen molar-refractivity contribution >= 4 is 23.2 Å². The summed E-state index contributed by atoms with van der Waals surface area (Å²) in [7, 11) is 0. The Morgan fingerprint density at radius 1 is 1.50 bits per heavy atom. The summed E-state index contributed by atoms with van der Waals surface area (Å²) >= 11 is 5.83. The van der Waals surface area contributed by atoms with Crippen molar-refractivity contribution in [2.75, 3.05) is 6.54 Å². The number of nitrogens with zero attached hydrogens (tertiary/aromatic N) is 5. The van der Waals surface area contributed by atoms with Gasteiger partial charge in [0.15, 0.2) is 0 Å². The molecule has 2 rings (SSSR count). The summed E-state index contributed by atoms with van der Waals surface area (Å²) in [5, 5.41) is 22.5. The quantitative estimate of drug-likeness (QED) is 0.604. The largest absolute Gasteiger partial charge is 0.352 e. The van der Waals surface area contributed by atoms with E-state index in [0.717, 1.165) is 0 Å². The first kappa shape index (κ1) is 17.9. The number of amides is 1. The Balaban J connectivity index is 1.97. The summed E-state index contributed by atoms with van der Waals surface area (Å²) in [5.41, 5.74) is 0.845. The van der Waals surface area contributed by atoms with E-state index in [1.54, 1.807) is 20.0 Å². The molecule has 2 aromatic rings. The molecule has 0 aromatic carbocycles. The first-order chi connectivity index (χ1) is 11.3. The third kappa shape index (κ3) is 3.73. The molecule has 24 heavy (non-hydrogen) atoms. The van der Waals surface area contributed by atoms with E-state index in [-0.39, 0.29) is 11.6 Å². The van der Waals surface area contributed by atoms with Crippen LogP contribution in [0.25, 0.3) is 0 Å². The van der Waals surface area contributed by atoms with Gasteiger partial charge in [-0.25, -0.2) is 0 Å². The topological polar surface area (TPSA) is 108 Å². The van der Waals surface area contributed by atoms with Crippen molar-refractivity contribution in [3.63, 3.8) is 0 Å². The predicted octanol–water partition coefficient (Wildman–Crippen LogP) is 2.03. The minimum absolute atomic E-state index is 0.0129. The fourth-order valence-electron chi connectivity index (χ4n) is 2.55. The van der Waals surface area contributed by atoms with Crippen LogP contribution in [0.15, 0.2) is 12.4 Å². The average molecular weight is 355 g/mol. The molecule has 9 nitrogen and oxygen atoms in total. The SMILES string of the molecule is CCC(C(=O)NCCn1nc(C)c([N+](=O)[O-])c1C)n1cc(Cl)cn1. The smallest absolute Gasteiger partial charge is 0.312 e. The molecule has 2 heterocycles. The van der Waals surface area contributed by atoms with Gasteiger partial charge in [0.25, 0.3) is 0 Å².